The summed E-state index contributed by atoms with van der Waals surface area (Å²) in [5.74, 6) is -0.851. The fraction of sp³-hybridized carbons (Fsp3) is 0.176. The Kier molecular flexibility index (Phi) is 3.63. The molecule has 0 aliphatic carbocycles. The van der Waals surface area contributed by atoms with Crippen LogP contribution in [0.1, 0.15) is 22.8 Å². The van der Waals surface area contributed by atoms with E-state index < -0.39 is 5.82 Å². The molecule has 2 aromatic carbocycles. The number of carbonyl (C=O) groups excluding carboxylic acids is 2. The van der Waals surface area contributed by atoms with Crippen molar-refractivity contribution in [3.63, 3.8) is 0 Å². The van der Waals surface area contributed by atoms with E-state index in [0.29, 0.717) is 12.1 Å². The third kappa shape index (κ3) is 2.57. The Labute approximate surface area is 127 Å². The first kappa shape index (κ1) is 14.3. The Balaban J connectivity index is 1.83. The highest BCUT2D eigenvalue weighted by Crippen LogP contribution is 2.29. The van der Waals surface area contributed by atoms with E-state index in [2.05, 4.69) is 5.32 Å². The Morgan fingerprint density at radius 3 is 2.68 bits per heavy atom. The molecule has 0 saturated heterocycles. The number of halogens is 1. The van der Waals surface area contributed by atoms with Gasteiger partial charge in [-0.1, -0.05) is 12.1 Å². The van der Waals surface area contributed by atoms with Crippen LogP contribution in [0.5, 0.6) is 0 Å². The van der Waals surface area contributed by atoms with Crippen molar-refractivity contribution in [3.05, 3.63) is 59.4 Å². The molecule has 1 heterocycles. The molecule has 4 nitrogen and oxygen atoms in total. The lowest BCUT2D eigenvalue weighted by Crippen LogP contribution is -2.25. The molecule has 0 bridgehead atoms. The highest BCUT2D eigenvalue weighted by Gasteiger charge is 2.23. The lowest BCUT2D eigenvalue weighted by molar-refractivity contribution is -0.116. The lowest BCUT2D eigenvalue weighted by Gasteiger charge is -2.14. The van der Waals surface area contributed by atoms with Crippen LogP contribution in [0.25, 0.3) is 0 Å². The predicted octanol–water partition coefficient (Wildman–Crippen LogP) is 2.99. The van der Waals surface area contributed by atoms with Crippen molar-refractivity contribution >= 4 is 23.2 Å². The maximum atomic E-state index is 13.6. The minimum absolute atomic E-state index is 0.0118. The van der Waals surface area contributed by atoms with Crippen LogP contribution < -0.4 is 10.2 Å². The van der Waals surface area contributed by atoms with E-state index in [4.69, 9.17) is 0 Å². The van der Waals surface area contributed by atoms with Crippen LogP contribution in [0.4, 0.5) is 15.8 Å². The van der Waals surface area contributed by atoms with Crippen LogP contribution in [-0.4, -0.2) is 18.4 Å². The molecule has 2 amide bonds. The summed E-state index contributed by atoms with van der Waals surface area (Å²) >= 11 is 0. The van der Waals surface area contributed by atoms with Gasteiger partial charge in [-0.3, -0.25) is 9.59 Å². The largest absolute Gasteiger partial charge is 0.319 e. The first-order chi connectivity index (χ1) is 10.6. The third-order valence-corrected chi connectivity index (χ3v) is 3.74. The number of benzene rings is 2. The van der Waals surface area contributed by atoms with Crippen molar-refractivity contribution in [2.75, 3.05) is 16.8 Å². The molecular formula is C17H15FN2O2. The van der Waals surface area contributed by atoms with Gasteiger partial charge in [-0.15, -0.1) is 0 Å². The summed E-state index contributed by atoms with van der Waals surface area (Å²) in [4.78, 5) is 25.4. The van der Waals surface area contributed by atoms with E-state index in [1.54, 1.807) is 35.2 Å². The zero-order valence-corrected chi connectivity index (χ0v) is 12.1. The van der Waals surface area contributed by atoms with Gasteiger partial charge in [-0.25, -0.2) is 4.39 Å². The molecule has 0 fully saturated rings. The number of hydrogen-bond donors (Lipinski definition) is 1. The number of rotatable bonds is 2. The van der Waals surface area contributed by atoms with E-state index in [0.717, 1.165) is 17.7 Å². The van der Waals surface area contributed by atoms with Crippen LogP contribution in [0.3, 0.4) is 0 Å². The molecule has 2 aromatic rings. The summed E-state index contributed by atoms with van der Waals surface area (Å²) in [6.07, 6.45) is 0.718. The first-order valence-electron chi connectivity index (χ1n) is 7.03. The number of nitrogens with one attached hydrogen (secondary N) is 1. The second kappa shape index (κ2) is 5.60. The molecule has 0 saturated carbocycles. The molecule has 3 rings (SSSR count). The quantitative estimate of drug-likeness (QED) is 0.926. The van der Waals surface area contributed by atoms with Crippen LogP contribution in [0.15, 0.2) is 42.5 Å². The van der Waals surface area contributed by atoms with E-state index in [1.807, 2.05) is 0 Å². The number of amides is 2. The second-order valence-corrected chi connectivity index (χ2v) is 5.20. The molecule has 22 heavy (non-hydrogen) atoms. The van der Waals surface area contributed by atoms with Crippen LogP contribution >= 0.6 is 0 Å². The first-order valence-corrected chi connectivity index (χ1v) is 7.03. The van der Waals surface area contributed by atoms with Gasteiger partial charge in [0, 0.05) is 24.7 Å². The normalized spacial score (nSPS) is 12.9. The summed E-state index contributed by atoms with van der Waals surface area (Å²) in [5, 5.41) is 2.56. The van der Waals surface area contributed by atoms with Gasteiger partial charge >= 0.3 is 0 Å². The van der Waals surface area contributed by atoms with Gasteiger partial charge < -0.3 is 10.2 Å². The van der Waals surface area contributed by atoms with Gasteiger partial charge in [-0.05, 0) is 42.3 Å². The van der Waals surface area contributed by atoms with Gasteiger partial charge in [0.25, 0.3) is 5.91 Å². The summed E-state index contributed by atoms with van der Waals surface area (Å²) in [5.41, 5.74) is 2.40. The Bertz CT molecular complexity index is 758. The monoisotopic (exact) mass is 298 g/mol. The molecule has 112 valence electrons. The fourth-order valence-electron chi connectivity index (χ4n) is 2.63. The van der Waals surface area contributed by atoms with Gasteiger partial charge in [0.2, 0.25) is 5.91 Å². The average Bonchev–Trinajstić information content (AvgIpc) is 2.92. The van der Waals surface area contributed by atoms with Crippen molar-refractivity contribution in [1.82, 2.24) is 0 Å². The van der Waals surface area contributed by atoms with Crippen LogP contribution in [-0.2, 0) is 11.2 Å². The number of fused-ring (bicyclic) bond motifs is 1. The minimum atomic E-state index is -0.472. The fourth-order valence-corrected chi connectivity index (χ4v) is 2.63. The van der Waals surface area contributed by atoms with Crippen molar-refractivity contribution in [3.8, 4) is 0 Å². The third-order valence-electron chi connectivity index (χ3n) is 3.74. The molecular weight excluding hydrogens is 283 g/mol. The van der Waals surface area contributed by atoms with Crippen molar-refractivity contribution in [2.45, 2.75) is 13.3 Å². The van der Waals surface area contributed by atoms with Gasteiger partial charge in [0.15, 0.2) is 0 Å². The van der Waals surface area contributed by atoms with Crippen LogP contribution in [0, 0.1) is 5.82 Å². The molecule has 0 radical (unpaired) electrons. The maximum Gasteiger partial charge on any atom is 0.255 e. The number of anilines is 2. The smallest absolute Gasteiger partial charge is 0.255 e. The van der Waals surface area contributed by atoms with Crippen molar-refractivity contribution in [1.29, 1.82) is 0 Å². The molecule has 0 spiro atoms. The number of carbonyl (C=O) groups is 2. The van der Waals surface area contributed by atoms with E-state index in [1.165, 1.54) is 19.1 Å². The Morgan fingerprint density at radius 2 is 1.95 bits per heavy atom. The maximum absolute atomic E-state index is 13.6. The average molecular weight is 298 g/mol. The minimum Gasteiger partial charge on any atom is -0.319 e. The topological polar surface area (TPSA) is 49.4 Å². The zero-order valence-electron chi connectivity index (χ0n) is 12.1. The number of hydrogen-bond acceptors (Lipinski definition) is 2. The predicted molar refractivity (Wildman–Crippen MR) is 82.5 cm³/mol. The number of nitrogens with zero attached hydrogens (tertiary/aromatic N) is 1. The van der Waals surface area contributed by atoms with E-state index >= 15 is 0 Å². The molecule has 5 heteroatoms. The molecule has 0 aromatic heterocycles. The highest BCUT2D eigenvalue weighted by molar-refractivity contribution is 6.05. The second-order valence-electron chi connectivity index (χ2n) is 5.20. The van der Waals surface area contributed by atoms with Gasteiger partial charge in [0.1, 0.15) is 5.82 Å². The Morgan fingerprint density at radius 1 is 1.18 bits per heavy atom. The SMILES string of the molecule is CC(=O)N1CCc2cc(C(=O)Nc3ccccc3F)ccc21. The molecule has 1 aliphatic heterocycles. The molecule has 1 aliphatic rings. The van der Waals surface area contributed by atoms with Gasteiger partial charge in [-0.2, -0.15) is 0 Å². The lowest BCUT2D eigenvalue weighted by atomic mass is 10.1. The summed E-state index contributed by atoms with van der Waals surface area (Å²) in [7, 11) is 0. The Hall–Kier alpha value is -2.69. The van der Waals surface area contributed by atoms with Crippen molar-refractivity contribution < 1.29 is 14.0 Å². The molecule has 0 atom stereocenters. The summed E-state index contributed by atoms with van der Waals surface area (Å²) in [6, 6.07) is 11.2. The van der Waals surface area contributed by atoms with E-state index in [9.17, 15) is 14.0 Å². The zero-order chi connectivity index (χ0) is 15.7. The number of para-hydroxylation sites is 1. The highest BCUT2D eigenvalue weighted by atomic mass is 19.1. The summed E-state index contributed by atoms with van der Waals surface area (Å²) < 4.78 is 13.6. The van der Waals surface area contributed by atoms with Crippen molar-refractivity contribution in [2.24, 2.45) is 0 Å². The van der Waals surface area contributed by atoms with Gasteiger partial charge in [0.05, 0.1) is 5.69 Å². The standard InChI is InChI=1S/C17H15FN2O2/c1-11(21)20-9-8-12-10-13(6-7-16(12)20)17(22)19-15-5-3-2-4-14(15)18/h2-7,10H,8-9H2,1H3,(H,19,22). The molecule has 0 unspecified atom stereocenters. The molecule has 1 N–H and O–H groups in total. The van der Waals surface area contributed by atoms with Crippen LogP contribution in [0.2, 0.25) is 0 Å². The summed E-state index contributed by atoms with van der Waals surface area (Å²) in [6.45, 7) is 2.15. The van der Waals surface area contributed by atoms with E-state index in [-0.39, 0.29) is 17.5 Å².